The Hall–Kier alpha value is -0.830. The van der Waals surface area contributed by atoms with Gasteiger partial charge in [0.2, 0.25) is 0 Å². The molecule has 0 unspecified atom stereocenters. The van der Waals surface area contributed by atoms with Gasteiger partial charge in [-0.2, -0.15) is 0 Å². The molecule has 0 amide bonds. The fraction of sp³-hybridized carbons (Fsp3) is 0.273. The lowest BCUT2D eigenvalue weighted by Gasteiger charge is -2.01. The summed E-state index contributed by atoms with van der Waals surface area (Å²) in [4.78, 5) is 0. The zero-order valence-corrected chi connectivity index (χ0v) is 9.14. The fourth-order valence-corrected chi connectivity index (χ4v) is 2.56. The summed E-state index contributed by atoms with van der Waals surface area (Å²) in [7, 11) is 0. The number of halogens is 2. The van der Waals surface area contributed by atoms with E-state index >= 15 is 0 Å². The maximum atomic E-state index is 13.7. The maximum Gasteiger partial charge on any atom is 0.146 e. The molecule has 2 aromatic rings. The Labute approximate surface area is 89.7 Å². The molecule has 1 aliphatic rings. The minimum Gasteiger partial charge on any atom is -0.345 e. The second-order valence-corrected chi connectivity index (χ2v) is 4.54. The van der Waals surface area contributed by atoms with Gasteiger partial charge >= 0.3 is 0 Å². The Kier molecular flexibility index (Phi) is 1.71. The van der Waals surface area contributed by atoms with Crippen LogP contribution in [0.4, 0.5) is 4.39 Å². The molecular weight excluding hydrogens is 245 g/mol. The van der Waals surface area contributed by atoms with Crippen LogP contribution < -0.4 is 0 Å². The van der Waals surface area contributed by atoms with Gasteiger partial charge in [-0.15, -0.1) is 0 Å². The van der Waals surface area contributed by atoms with Crippen molar-refractivity contribution in [3.05, 3.63) is 34.2 Å². The van der Waals surface area contributed by atoms with E-state index in [1.54, 1.807) is 6.07 Å². The molecule has 1 aromatic carbocycles. The molecule has 0 saturated heterocycles. The van der Waals surface area contributed by atoms with Gasteiger partial charge in [0.05, 0.1) is 9.99 Å². The van der Waals surface area contributed by atoms with Gasteiger partial charge in [-0.3, -0.25) is 0 Å². The van der Waals surface area contributed by atoms with Crippen LogP contribution >= 0.6 is 15.9 Å². The molecule has 72 valence electrons. The molecule has 3 rings (SSSR count). The average molecular weight is 254 g/mol. The lowest BCUT2D eigenvalue weighted by molar-refractivity contribution is 0.633. The van der Waals surface area contributed by atoms with Crippen molar-refractivity contribution in [2.45, 2.75) is 19.4 Å². The molecule has 3 heteroatoms. The van der Waals surface area contributed by atoms with E-state index in [9.17, 15) is 4.39 Å². The second kappa shape index (κ2) is 2.83. The third-order valence-electron chi connectivity index (χ3n) is 2.87. The number of rotatable bonds is 0. The maximum absolute atomic E-state index is 13.7. The van der Waals surface area contributed by atoms with Crippen molar-refractivity contribution in [1.29, 1.82) is 0 Å². The summed E-state index contributed by atoms with van der Waals surface area (Å²) in [5, 5.41) is 0.745. The van der Waals surface area contributed by atoms with E-state index in [0.717, 1.165) is 23.9 Å². The summed E-state index contributed by atoms with van der Waals surface area (Å²) in [5.41, 5.74) is 2.29. The normalized spacial score (nSPS) is 15.0. The molecule has 0 bridgehead atoms. The van der Waals surface area contributed by atoms with Gasteiger partial charge in [-0.25, -0.2) is 4.39 Å². The minimum atomic E-state index is -0.135. The molecule has 0 aliphatic carbocycles. The first kappa shape index (κ1) is 8.48. The summed E-state index contributed by atoms with van der Waals surface area (Å²) < 4.78 is 16.5. The Morgan fingerprint density at radius 1 is 1.36 bits per heavy atom. The lowest BCUT2D eigenvalue weighted by Crippen LogP contribution is -1.91. The Balaban J connectivity index is 2.43. The molecule has 1 aliphatic heterocycles. The molecule has 0 N–H and O–H groups in total. The van der Waals surface area contributed by atoms with E-state index in [1.165, 1.54) is 12.1 Å². The highest BCUT2D eigenvalue weighted by molar-refractivity contribution is 9.10. The van der Waals surface area contributed by atoms with E-state index in [-0.39, 0.29) is 5.82 Å². The number of hydrogen-bond acceptors (Lipinski definition) is 0. The molecule has 1 aromatic heterocycles. The van der Waals surface area contributed by atoms with Crippen molar-refractivity contribution in [2.75, 3.05) is 0 Å². The van der Waals surface area contributed by atoms with Crippen LogP contribution in [0, 0.1) is 5.82 Å². The zero-order chi connectivity index (χ0) is 9.71. The Bertz CT molecular complexity index is 515. The number of hydrogen-bond donors (Lipinski definition) is 0. The van der Waals surface area contributed by atoms with Gasteiger partial charge < -0.3 is 4.57 Å². The predicted octanol–water partition coefficient (Wildman–Crippen LogP) is 3.49. The standard InChI is InChI=1S/C11H9BrFN/c12-9-3-4-10-8(11(9)13)6-7-2-1-5-14(7)10/h3-4,6H,1-2,5H2. The van der Waals surface area contributed by atoms with Gasteiger partial charge in [0.15, 0.2) is 0 Å². The molecule has 0 atom stereocenters. The van der Waals surface area contributed by atoms with Crippen LogP contribution in [0.2, 0.25) is 0 Å². The Morgan fingerprint density at radius 2 is 2.21 bits per heavy atom. The molecule has 0 fully saturated rings. The van der Waals surface area contributed by atoms with Crippen molar-refractivity contribution in [3.63, 3.8) is 0 Å². The van der Waals surface area contributed by atoms with Crippen molar-refractivity contribution < 1.29 is 4.39 Å². The van der Waals surface area contributed by atoms with Crippen LogP contribution in [0.3, 0.4) is 0 Å². The van der Waals surface area contributed by atoms with Crippen LogP contribution in [-0.2, 0) is 13.0 Å². The summed E-state index contributed by atoms with van der Waals surface area (Å²) in [5.74, 6) is -0.135. The van der Waals surface area contributed by atoms with Crippen molar-refractivity contribution >= 4 is 26.8 Å². The number of benzene rings is 1. The first-order valence-corrected chi connectivity index (χ1v) is 5.53. The van der Waals surface area contributed by atoms with E-state index < -0.39 is 0 Å². The largest absolute Gasteiger partial charge is 0.345 e. The summed E-state index contributed by atoms with van der Waals surface area (Å²) >= 11 is 3.21. The smallest absolute Gasteiger partial charge is 0.146 e. The van der Waals surface area contributed by atoms with Crippen molar-refractivity contribution in [1.82, 2.24) is 4.57 Å². The van der Waals surface area contributed by atoms with E-state index in [0.29, 0.717) is 4.47 Å². The third-order valence-corrected chi connectivity index (χ3v) is 3.49. The molecule has 0 radical (unpaired) electrons. The molecular formula is C11H9BrFN. The predicted molar refractivity (Wildman–Crippen MR) is 57.9 cm³/mol. The van der Waals surface area contributed by atoms with Gasteiger partial charge in [0.1, 0.15) is 5.82 Å². The van der Waals surface area contributed by atoms with Gasteiger partial charge in [-0.05, 0) is 47.0 Å². The molecule has 1 nitrogen and oxygen atoms in total. The number of nitrogens with zero attached hydrogens (tertiary/aromatic N) is 1. The van der Waals surface area contributed by atoms with E-state index in [2.05, 4.69) is 20.5 Å². The van der Waals surface area contributed by atoms with Gasteiger partial charge in [0, 0.05) is 17.6 Å². The summed E-state index contributed by atoms with van der Waals surface area (Å²) in [6.07, 6.45) is 2.26. The molecule has 0 saturated carbocycles. The van der Waals surface area contributed by atoms with Gasteiger partial charge in [-0.1, -0.05) is 0 Å². The van der Waals surface area contributed by atoms with Crippen molar-refractivity contribution in [2.24, 2.45) is 0 Å². The average Bonchev–Trinajstić information content (AvgIpc) is 2.71. The highest BCUT2D eigenvalue weighted by atomic mass is 79.9. The zero-order valence-electron chi connectivity index (χ0n) is 7.56. The highest BCUT2D eigenvalue weighted by Crippen LogP contribution is 2.30. The monoisotopic (exact) mass is 253 g/mol. The quantitative estimate of drug-likeness (QED) is 0.678. The molecule has 14 heavy (non-hydrogen) atoms. The first-order chi connectivity index (χ1) is 6.77. The number of fused-ring (bicyclic) bond motifs is 3. The van der Waals surface area contributed by atoms with Crippen LogP contribution in [0.5, 0.6) is 0 Å². The summed E-state index contributed by atoms with van der Waals surface area (Å²) in [6.45, 7) is 1.03. The summed E-state index contributed by atoms with van der Waals surface area (Å²) in [6, 6.07) is 5.74. The van der Waals surface area contributed by atoms with Crippen LogP contribution in [-0.4, -0.2) is 4.57 Å². The second-order valence-electron chi connectivity index (χ2n) is 3.69. The van der Waals surface area contributed by atoms with E-state index in [4.69, 9.17) is 0 Å². The van der Waals surface area contributed by atoms with Crippen molar-refractivity contribution in [3.8, 4) is 0 Å². The van der Waals surface area contributed by atoms with E-state index in [1.807, 2.05) is 12.1 Å². The minimum absolute atomic E-state index is 0.135. The lowest BCUT2D eigenvalue weighted by atomic mass is 10.2. The van der Waals surface area contributed by atoms with Crippen LogP contribution in [0.1, 0.15) is 12.1 Å². The number of aromatic nitrogens is 1. The van der Waals surface area contributed by atoms with Crippen LogP contribution in [0.25, 0.3) is 10.9 Å². The first-order valence-electron chi connectivity index (χ1n) is 4.73. The SMILES string of the molecule is Fc1c(Br)ccc2c1cc1n2CCC1. The third kappa shape index (κ3) is 0.989. The van der Waals surface area contributed by atoms with Gasteiger partial charge in [0.25, 0.3) is 0 Å². The topological polar surface area (TPSA) is 4.93 Å². The number of aryl methyl sites for hydroxylation is 2. The Morgan fingerprint density at radius 3 is 3.07 bits per heavy atom. The molecule has 2 heterocycles. The highest BCUT2D eigenvalue weighted by Gasteiger charge is 2.17. The molecule has 0 spiro atoms. The van der Waals surface area contributed by atoms with Crippen LogP contribution in [0.15, 0.2) is 22.7 Å². The fourth-order valence-electron chi connectivity index (χ4n) is 2.22.